The summed E-state index contributed by atoms with van der Waals surface area (Å²) in [6.45, 7) is 1.21. The molecule has 0 aliphatic rings. The van der Waals surface area contributed by atoms with Gasteiger partial charge >= 0.3 is 0 Å². The second kappa shape index (κ2) is 3.77. The lowest BCUT2D eigenvalue weighted by Gasteiger charge is -2.00. The van der Waals surface area contributed by atoms with Crippen LogP contribution in [0.1, 0.15) is 5.82 Å². The normalized spacial score (nSPS) is 9.50. The highest BCUT2D eigenvalue weighted by Gasteiger charge is 1.99. The van der Waals surface area contributed by atoms with E-state index in [1.165, 1.54) is 12.4 Å². The second-order valence-electron chi connectivity index (χ2n) is 2.23. The minimum atomic E-state index is -0.534. The zero-order valence-electron chi connectivity index (χ0n) is 6.61. The number of nitrogens with zero attached hydrogens (tertiary/aromatic N) is 2. The Morgan fingerprint density at radius 3 is 2.67 bits per heavy atom. The predicted octanol–water partition coefficient (Wildman–Crippen LogP) is -0.284. The molecule has 0 unspecified atom stereocenters. The number of amides is 1. The third-order valence-electron chi connectivity index (χ3n) is 1.21. The molecule has 1 amide bonds. The molecule has 0 spiro atoms. The fourth-order valence-corrected chi connectivity index (χ4v) is 0.658. The van der Waals surface area contributed by atoms with Crippen LogP contribution >= 0.6 is 0 Å². The fraction of sp³-hybridized carbons (Fsp3) is 0.286. The first-order valence-corrected chi connectivity index (χ1v) is 3.41. The molecule has 0 saturated carbocycles. The van der Waals surface area contributed by atoms with Crippen molar-refractivity contribution in [3.63, 3.8) is 0 Å². The van der Waals surface area contributed by atoms with E-state index in [4.69, 9.17) is 5.11 Å². The summed E-state index contributed by atoms with van der Waals surface area (Å²) in [5.41, 5.74) is 0.486. The summed E-state index contributed by atoms with van der Waals surface area (Å²) in [5, 5.41) is 10.8. The SMILES string of the molecule is Cc1ncc(NC(=O)CO)cn1. The van der Waals surface area contributed by atoms with Crippen LogP contribution in [-0.2, 0) is 4.79 Å². The Hall–Kier alpha value is -1.49. The highest BCUT2D eigenvalue weighted by molar-refractivity contribution is 5.91. The Morgan fingerprint density at radius 1 is 1.58 bits per heavy atom. The largest absolute Gasteiger partial charge is 0.387 e. The summed E-state index contributed by atoms with van der Waals surface area (Å²) in [5.74, 6) is 0.166. The second-order valence-corrected chi connectivity index (χ2v) is 2.23. The van der Waals surface area contributed by atoms with Gasteiger partial charge in [0.2, 0.25) is 5.91 Å². The number of hydrogen-bond acceptors (Lipinski definition) is 4. The first kappa shape index (κ1) is 8.61. The van der Waals surface area contributed by atoms with Gasteiger partial charge in [-0.1, -0.05) is 0 Å². The van der Waals surface area contributed by atoms with Gasteiger partial charge in [0.25, 0.3) is 0 Å². The van der Waals surface area contributed by atoms with Gasteiger partial charge in [-0.15, -0.1) is 0 Å². The topological polar surface area (TPSA) is 75.1 Å². The summed E-state index contributed by atoms with van der Waals surface area (Å²) in [6.07, 6.45) is 2.96. The van der Waals surface area contributed by atoms with Crippen molar-refractivity contribution in [1.82, 2.24) is 9.97 Å². The first-order chi connectivity index (χ1) is 5.72. The minimum absolute atomic E-state index is 0.470. The number of hydrogen-bond donors (Lipinski definition) is 2. The number of aliphatic hydroxyl groups is 1. The van der Waals surface area contributed by atoms with Crippen LogP contribution in [0.4, 0.5) is 5.69 Å². The van der Waals surface area contributed by atoms with Gasteiger partial charge in [-0.25, -0.2) is 9.97 Å². The average molecular weight is 167 g/mol. The molecule has 1 heterocycles. The van der Waals surface area contributed by atoms with Crippen LogP contribution in [0.15, 0.2) is 12.4 Å². The molecule has 1 aromatic heterocycles. The summed E-state index contributed by atoms with van der Waals surface area (Å²) >= 11 is 0. The van der Waals surface area contributed by atoms with Crippen molar-refractivity contribution in [3.8, 4) is 0 Å². The molecule has 1 rings (SSSR count). The van der Waals surface area contributed by atoms with E-state index in [0.29, 0.717) is 11.5 Å². The zero-order valence-corrected chi connectivity index (χ0v) is 6.61. The maximum atomic E-state index is 10.6. The molecular formula is C7H9N3O2. The Labute approximate surface area is 69.5 Å². The van der Waals surface area contributed by atoms with Gasteiger partial charge in [0, 0.05) is 0 Å². The van der Waals surface area contributed by atoms with E-state index in [9.17, 15) is 4.79 Å². The number of carbonyl (C=O) groups excluding carboxylic acids is 1. The molecule has 64 valence electrons. The van der Waals surface area contributed by atoms with Crippen LogP contribution in [0, 0.1) is 6.92 Å². The van der Waals surface area contributed by atoms with Gasteiger partial charge in [-0.2, -0.15) is 0 Å². The summed E-state index contributed by atoms with van der Waals surface area (Å²) in [6, 6.07) is 0. The molecule has 0 aliphatic carbocycles. The van der Waals surface area contributed by atoms with E-state index in [1.807, 2.05) is 0 Å². The van der Waals surface area contributed by atoms with E-state index in [-0.39, 0.29) is 0 Å². The van der Waals surface area contributed by atoms with E-state index in [1.54, 1.807) is 6.92 Å². The third kappa shape index (κ3) is 2.28. The van der Waals surface area contributed by atoms with Gasteiger partial charge in [-0.05, 0) is 6.92 Å². The van der Waals surface area contributed by atoms with Crippen molar-refractivity contribution >= 4 is 11.6 Å². The number of anilines is 1. The minimum Gasteiger partial charge on any atom is -0.387 e. The molecular weight excluding hydrogens is 158 g/mol. The van der Waals surface area contributed by atoms with Crippen LogP contribution in [0.25, 0.3) is 0 Å². The number of aromatic nitrogens is 2. The van der Waals surface area contributed by atoms with Gasteiger partial charge < -0.3 is 10.4 Å². The van der Waals surface area contributed by atoms with E-state index in [0.717, 1.165) is 0 Å². The lowest BCUT2D eigenvalue weighted by Crippen LogP contribution is -2.15. The number of aliphatic hydroxyl groups excluding tert-OH is 1. The number of carbonyl (C=O) groups is 1. The Kier molecular flexibility index (Phi) is 2.71. The van der Waals surface area contributed by atoms with Crippen molar-refractivity contribution in [2.45, 2.75) is 6.92 Å². The number of rotatable bonds is 2. The predicted molar refractivity (Wildman–Crippen MR) is 42.5 cm³/mol. The van der Waals surface area contributed by atoms with Crippen molar-refractivity contribution in [2.75, 3.05) is 11.9 Å². The van der Waals surface area contributed by atoms with E-state index in [2.05, 4.69) is 15.3 Å². The molecule has 0 radical (unpaired) electrons. The molecule has 0 saturated heterocycles. The molecule has 2 N–H and O–H groups in total. The van der Waals surface area contributed by atoms with Gasteiger partial charge in [-0.3, -0.25) is 4.79 Å². The molecule has 5 nitrogen and oxygen atoms in total. The number of nitrogens with one attached hydrogen (secondary N) is 1. The highest BCUT2D eigenvalue weighted by atomic mass is 16.3. The van der Waals surface area contributed by atoms with Crippen LogP contribution in [0.3, 0.4) is 0 Å². The van der Waals surface area contributed by atoms with Crippen molar-refractivity contribution in [2.24, 2.45) is 0 Å². The Morgan fingerprint density at radius 2 is 2.17 bits per heavy atom. The first-order valence-electron chi connectivity index (χ1n) is 3.41. The van der Waals surface area contributed by atoms with Crippen molar-refractivity contribution < 1.29 is 9.90 Å². The Balaban J connectivity index is 2.64. The monoisotopic (exact) mass is 167 g/mol. The molecule has 0 fully saturated rings. The van der Waals surface area contributed by atoms with Crippen LogP contribution in [-0.4, -0.2) is 27.6 Å². The average Bonchev–Trinajstić information content (AvgIpc) is 2.09. The van der Waals surface area contributed by atoms with Crippen LogP contribution in [0.5, 0.6) is 0 Å². The molecule has 0 atom stereocenters. The summed E-state index contributed by atoms with van der Waals surface area (Å²) in [4.78, 5) is 18.4. The standard InChI is InChI=1S/C7H9N3O2/c1-5-8-2-6(3-9-5)10-7(12)4-11/h2-3,11H,4H2,1H3,(H,10,12). The molecule has 0 aromatic carbocycles. The van der Waals surface area contributed by atoms with E-state index >= 15 is 0 Å². The van der Waals surface area contributed by atoms with Gasteiger partial charge in [0.15, 0.2) is 0 Å². The molecule has 0 bridgehead atoms. The highest BCUT2D eigenvalue weighted by Crippen LogP contribution is 2.01. The van der Waals surface area contributed by atoms with Crippen LogP contribution in [0.2, 0.25) is 0 Å². The Bertz CT molecular complexity index is 270. The maximum absolute atomic E-state index is 10.6. The lowest BCUT2D eigenvalue weighted by atomic mass is 10.5. The molecule has 5 heteroatoms. The zero-order chi connectivity index (χ0) is 8.97. The van der Waals surface area contributed by atoms with Crippen molar-refractivity contribution in [1.29, 1.82) is 0 Å². The maximum Gasteiger partial charge on any atom is 0.250 e. The summed E-state index contributed by atoms with van der Waals surface area (Å²) in [7, 11) is 0. The smallest absolute Gasteiger partial charge is 0.250 e. The molecule has 0 aliphatic heterocycles. The third-order valence-corrected chi connectivity index (χ3v) is 1.21. The summed E-state index contributed by atoms with van der Waals surface area (Å²) < 4.78 is 0. The van der Waals surface area contributed by atoms with Gasteiger partial charge in [0.05, 0.1) is 18.1 Å². The number of aryl methyl sites for hydroxylation is 1. The lowest BCUT2D eigenvalue weighted by molar-refractivity contribution is -0.118. The van der Waals surface area contributed by atoms with E-state index < -0.39 is 12.5 Å². The van der Waals surface area contributed by atoms with Gasteiger partial charge in [0.1, 0.15) is 12.4 Å². The quantitative estimate of drug-likeness (QED) is 0.635. The fourth-order valence-electron chi connectivity index (χ4n) is 0.658. The van der Waals surface area contributed by atoms with Crippen LogP contribution < -0.4 is 5.32 Å². The molecule has 12 heavy (non-hydrogen) atoms. The molecule has 1 aromatic rings. The van der Waals surface area contributed by atoms with Crippen molar-refractivity contribution in [3.05, 3.63) is 18.2 Å².